The minimum Gasteiger partial charge on any atom is -0.497 e. The molecule has 1 heterocycles. The van der Waals surface area contributed by atoms with Crippen LogP contribution in [0.25, 0.3) is 10.9 Å². The van der Waals surface area contributed by atoms with Crippen LogP contribution in [0.4, 0.5) is 0 Å². The number of methoxy groups -OCH3 is 1. The lowest BCUT2D eigenvalue weighted by Gasteiger charge is -2.29. The zero-order valence-electron chi connectivity index (χ0n) is 15.7. The maximum Gasteiger partial charge on any atom is 0.224 e. The third-order valence-electron chi connectivity index (χ3n) is 5.69. The molecule has 1 fully saturated rings. The van der Waals surface area contributed by atoms with Crippen LogP contribution in [0.1, 0.15) is 42.7 Å². The summed E-state index contributed by atoms with van der Waals surface area (Å²) in [6.45, 7) is 0. The Labute approximate surface area is 159 Å². The van der Waals surface area contributed by atoms with Crippen LogP contribution in [0.5, 0.6) is 5.75 Å². The van der Waals surface area contributed by atoms with Gasteiger partial charge in [-0.15, -0.1) is 0 Å². The van der Waals surface area contributed by atoms with E-state index in [0.29, 0.717) is 18.4 Å². The van der Waals surface area contributed by atoms with Crippen LogP contribution in [0.15, 0.2) is 54.7 Å². The molecule has 4 nitrogen and oxygen atoms in total. The van der Waals surface area contributed by atoms with Crippen molar-refractivity contribution in [2.24, 2.45) is 0 Å². The second-order valence-electron chi connectivity index (χ2n) is 7.43. The molecule has 1 aromatic heterocycles. The Bertz CT molecular complexity index is 909. The summed E-state index contributed by atoms with van der Waals surface area (Å²) in [4.78, 5) is 15.8. The fourth-order valence-corrected chi connectivity index (χ4v) is 4.19. The fourth-order valence-electron chi connectivity index (χ4n) is 4.19. The Balaban J connectivity index is 1.33. The van der Waals surface area contributed by atoms with Gasteiger partial charge in [-0.3, -0.25) is 4.79 Å². The number of aromatic nitrogens is 1. The summed E-state index contributed by atoms with van der Waals surface area (Å²) in [5.41, 5.74) is 3.46. The number of fused-ring (bicyclic) bond motifs is 1. The van der Waals surface area contributed by atoms with Gasteiger partial charge in [0.25, 0.3) is 0 Å². The molecule has 1 aliphatic rings. The van der Waals surface area contributed by atoms with Crippen molar-refractivity contribution in [2.75, 3.05) is 7.11 Å². The number of hydrogen-bond donors (Lipinski definition) is 2. The molecule has 1 saturated carbocycles. The molecule has 0 saturated heterocycles. The van der Waals surface area contributed by atoms with Crippen molar-refractivity contribution in [3.8, 4) is 5.75 Å². The molecule has 0 spiro atoms. The highest BCUT2D eigenvalue weighted by atomic mass is 16.5. The van der Waals surface area contributed by atoms with E-state index in [9.17, 15) is 4.79 Å². The van der Waals surface area contributed by atoms with Crippen molar-refractivity contribution < 1.29 is 9.53 Å². The van der Waals surface area contributed by atoms with Crippen molar-refractivity contribution in [1.82, 2.24) is 10.3 Å². The van der Waals surface area contributed by atoms with E-state index >= 15 is 0 Å². The van der Waals surface area contributed by atoms with Crippen molar-refractivity contribution in [3.05, 3.63) is 65.9 Å². The van der Waals surface area contributed by atoms with Gasteiger partial charge < -0.3 is 15.0 Å². The quantitative estimate of drug-likeness (QED) is 0.699. The van der Waals surface area contributed by atoms with Gasteiger partial charge in [0.2, 0.25) is 5.91 Å². The Kier molecular flexibility index (Phi) is 5.14. The summed E-state index contributed by atoms with van der Waals surface area (Å²) < 4.78 is 5.25. The first kappa shape index (κ1) is 17.7. The monoisotopic (exact) mass is 362 g/mol. The van der Waals surface area contributed by atoms with E-state index in [-0.39, 0.29) is 5.91 Å². The first-order chi connectivity index (χ1) is 13.2. The van der Waals surface area contributed by atoms with Crippen LogP contribution in [0, 0.1) is 0 Å². The number of nitrogens with one attached hydrogen (secondary N) is 2. The molecule has 2 N–H and O–H groups in total. The van der Waals surface area contributed by atoms with Gasteiger partial charge >= 0.3 is 0 Å². The lowest BCUT2D eigenvalue weighted by molar-refractivity contribution is -0.121. The predicted molar refractivity (Wildman–Crippen MR) is 108 cm³/mol. The van der Waals surface area contributed by atoms with Gasteiger partial charge in [-0.25, -0.2) is 0 Å². The third-order valence-corrected chi connectivity index (χ3v) is 5.69. The number of rotatable bonds is 5. The van der Waals surface area contributed by atoms with Crippen molar-refractivity contribution in [2.45, 2.75) is 44.1 Å². The molecule has 1 aliphatic carbocycles. The summed E-state index contributed by atoms with van der Waals surface area (Å²) >= 11 is 0. The lowest BCUT2D eigenvalue weighted by atomic mass is 9.82. The zero-order chi connectivity index (χ0) is 18.6. The first-order valence-corrected chi connectivity index (χ1v) is 9.71. The molecule has 0 bridgehead atoms. The normalized spacial score (nSPS) is 19.7. The average Bonchev–Trinajstić information content (AvgIpc) is 3.11. The van der Waals surface area contributed by atoms with E-state index in [0.717, 1.165) is 47.9 Å². The van der Waals surface area contributed by atoms with Crippen LogP contribution in [-0.4, -0.2) is 24.0 Å². The third kappa shape index (κ3) is 4.00. The lowest BCUT2D eigenvalue weighted by Crippen LogP contribution is -2.38. The number of carbonyl (C=O) groups excluding carboxylic acids is 1. The van der Waals surface area contributed by atoms with E-state index in [1.54, 1.807) is 7.11 Å². The number of amides is 1. The maximum atomic E-state index is 12.5. The van der Waals surface area contributed by atoms with E-state index in [4.69, 9.17) is 4.74 Å². The molecule has 0 aliphatic heterocycles. The van der Waals surface area contributed by atoms with Crippen molar-refractivity contribution in [3.63, 3.8) is 0 Å². The van der Waals surface area contributed by atoms with Gasteiger partial charge in [0.15, 0.2) is 0 Å². The number of ether oxygens (including phenoxy) is 1. The summed E-state index contributed by atoms with van der Waals surface area (Å²) in [5, 5.41) is 4.32. The average molecular weight is 362 g/mol. The van der Waals surface area contributed by atoms with Gasteiger partial charge in [0.1, 0.15) is 5.75 Å². The zero-order valence-corrected chi connectivity index (χ0v) is 15.7. The van der Waals surface area contributed by atoms with Gasteiger partial charge in [-0.05, 0) is 54.9 Å². The van der Waals surface area contributed by atoms with Gasteiger partial charge in [-0.2, -0.15) is 0 Å². The second-order valence-corrected chi connectivity index (χ2v) is 7.43. The summed E-state index contributed by atoms with van der Waals surface area (Å²) in [5.74, 6) is 1.55. The highest BCUT2D eigenvalue weighted by molar-refractivity contribution is 5.89. The Morgan fingerprint density at radius 2 is 1.89 bits per heavy atom. The standard InChI is InChI=1S/C23H26N2O2/c1-27-20-11-12-21-18(15-24-22(21)14-20)13-23(26)25-19-9-7-17(8-10-19)16-5-3-2-4-6-16/h2-6,11-12,14-15,17,19,24H,7-10,13H2,1H3,(H,25,26). The first-order valence-electron chi connectivity index (χ1n) is 9.71. The number of carbonyl (C=O) groups is 1. The molecule has 27 heavy (non-hydrogen) atoms. The summed E-state index contributed by atoms with van der Waals surface area (Å²) in [7, 11) is 1.66. The highest BCUT2D eigenvalue weighted by Crippen LogP contribution is 2.32. The smallest absolute Gasteiger partial charge is 0.224 e. The molecular weight excluding hydrogens is 336 g/mol. The van der Waals surface area contributed by atoms with E-state index < -0.39 is 0 Å². The van der Waals surface area contributed by atoms with Gasteiger partial charge in [-0.1, -0.05) is 30.3 Å². The number of aromatic amines is 1. The number of hydrogen-bond acceptors (Lipinski definition) is 2. The van der Waals surface area contributed by atoms with Crippen LogP contribution in [-0.2, 0) is 11.2 Å². The molecule has 140 valence electrons. The van der Waals surface area contributed by atoms with E-state index in [1.807, 2.05) is 24.4 Å². The molecule has 0 atom stereocenters. The Hall–Kier alpha value is -2.75. The van der Waals surface area contributed by atoms with Crippen LogP contribution < -0.4 is 10.1 Å². The minimum atomic E-state index is 0.106. The second kappa shape index (κ2) is 7.87. The number of H-pyrrole nitrogens is 1. The summed E-state index contributed by atoms with van der Waals surface area (Å²) in [6, 6.07) is 16.9. The number of benzene rings is 2. The fraction of sp³-hybridized carbons (Fsp3) is 0.348. The van der Waals surface area contributed by atoms with Crippen LogP contribution >= 0.6 is 0 Å². The van der Waals surface area contributed by atoms with E-state index in [1.165, 1.54) is 5.56 Å². The topological polar surface area (TPSA) is 54.1 Å². The van der Waals surface area contributed by atoms with E-state index in [2.05, 4.69) is 40.6 Å². The highest BCUT2D eigenvalue weighted by Gasteiger charge is 2.23. The Morgan fingerprint density at radius 3 is 2.63 bits per heavy atom. The summed E-state index contributed by atoms with van der Waals surface area (Å²) in [6.07, 6.45) is 6.72. The Morgan fingerprint density at radius 1 is 1.11 bits per heavy atom. The maximum absolute atomic E-state index is 12.5. The minimum absolute atomic E-state index is 0.106. The molecular formula is C23H26N2O2. The van der Waals surface area contributed by atoms with Crippen LogP contribution in [0.2, 0.25) is 0 Å². The van der Waals surface area contributed by atoms with Crippen LogP contribution in [0.3, 0.4) is 0 Å². The largest absolute Gasteiger partial charge is 0.497 e. The molecule has 3 aromatic rings. The predicted octanol–water partition coefficient (Wildman–Crippen LogP) is 4.56. The molecule has 0 unspecified atom stereocenters. The van der Waals surface area contributed by atoms with Crippen molar-refractivity contribution >= 4 is 16.8 Å². The molecule has 1 amide bonds. The SMILES string of the molecule is COc1ccc2c(CC(=O)NC3CCC(c4ccccc4)CC3)c[nH]c2c1. The molecule has 2 aromatic carbocycles. The van der Waals surface area contributed by atoms with Gasteiger partial charge in [0, 0.05) is 29.2 Å². The molecule has 4 rings (SSSR count). The van der Waals surface area contributed by atoms with Crippen molar-refractivity contribution in [1.29, 1.82) is 0 Å². The molecule has 0 radical (unpaired) electrons. The molecule has 4 heteroatoms. The van der Waals surface area contributed by atoms with Gasteiger partial charge in [0.05, 0.1) is 13.5 Å².